The summed E-state index contributed by atoms with van der Waals surface area (Å²) in [6.45, 7) is 8.55. The zero-order valence-electron chi connectivity index (χ0n) is 26.8. The van der Waals surface area contributed by atoms with Crippen LogP contribution in [-0.4, -0.2) is 100 Å². The molecule has 0 saturated carbocycles. The van der Waals surface area contributed by atoms with Gasteiger partial charge in [-0.25, -0.2) is 9.52 Å². The molecular weight excluding hydrogens is 610 g/mol. The van der Waals surface area contributed by atoms with E-state index in [0.717, 1.165) is 60.2 Å². The molecule has 3 aliphatic rings. The Morgan fingerprint density at radius 3 is 2.39 bits per heavy atom. The van der Waals surface area contributed by atoms with Crippen LogP contribution in [0.3, 0.4) is 0 Å². The molecule has 6 rings (SSSR count). The summed E-state index contributed by atoms with van der Waals surface area (Å²) < 4.78 is 39.8. The summed E-state index contributed by atoms with van der Waals surface area (Å²) in [5.41, 5.74) is 5.03. The van der Waals surface area contributed by atoms with Crippen LogP contribution in [0, 0.1) is 13.8 Å². The van der Waals surface area contributed by atoms with Crippen molar-refractivity contribution in [1.29, 1.82) is 0 Å². The maximum absolute atomic E-state index is 13.5. The second kappa shape index (κ2) is 12.8. The van der Waals surface area contributed by atoms with E-state index in [-0.39, 0.29) is 24.1 Å². The van der Waals surface area contributed by atoms with E-state index < -0.39 is 21.7 Å². The number of anilines is 1. The maximum atomic E-state index is 13.5. The molecule has 1 N–H and O–H groups in total. The van der Waals surface area contributed by atoms with Gasteiger partial charge in [0.1, 0.15) is 5.58 Å². The highest BCUT2D eigenvalue weighted by Gasteiger charge is 2.31. The molecule has 3 aromatic rings. The molecule has 1 aromatic heterocycles. The summed E-state index contributed by atoms with van der Waals surface area (Å²) in [5.74, 6) is -1.04. The number of methoxy groups -OCH3 is 1. The standard InChI is InChI=1S/C33H41N5O7S/c1-21-17-28(36-16-15-35(3)25(18-36)20-44-4)22(2)30-29(21)26-11-14-37(19-27(26)33(41)45-30)32(40)24-9-7-23(8-10-24)31(39)34-46(42,43)38-12-5-6-13-38/h7-10,17,25H,5-6,11-16,18-20H2,1-4H3,(H,34,39)/t25-/m1/s1. The molecule has 46 heavy (non-hydrogen) atoms. The molecule has 0 spiro atoms. The van der Waals surface area contributed by atoms with Crippen LogP contribution in [0.2, 0.25) is 0 Å². The third-order valence-electron chi connectivity index (χ3n) is 9.57. The van der Waals surface area contributed by atoms with Crippen molar-refractivity contribution in [2.24, 2.45) is 0 Å². The van der Waals surface area contributed by atoms with Gasteiger partial charge in [-0.05, 0) is 81.6 Å². The Morgan fingerprint density at radius 1 is 1.00 bits per heavy atom. The highest BCUT2D eigenvalue weighted by Crippen LogP contribution is 2.36. The smallest absolute Gasteiger partial charge is 0.341 e. The van der Waals surface area contributed by atoms with Gasteiger partial charge in [0.25, 0.3) is 11.8 Å². The van der Waals surface area contributed by atoms with Gasteiger partial charge in [-0.15, -0.1) is 0 Å². The van der Waals surface area contributed by atoms with Crippen LogP contribution in [0.4, 0.5) is 5.69 Å². The molecule has 246 valence electrons. The van der Waals surface area contributed by atoms with E-state index in [9.17, 15) is 22.8 Å². The molecule has 13 heteroatoms. The van der Waals surface area contributed by atoms with Crippen LogP contribution < -0.4 is 15.2 Å². The molecule has 2 aromatic carbocycles. The Balaban J connectivity index is 1.20. The third kappa shape index (κ3) is 6.04. The third-order valence-corrected chi connectivity index (χ3v) is 11.1. The lowest BCUT2D eigenvalue weighted by atomic mass is 9.92. The van der Waals surface area contributed by atoms with Crippen molar-refractivity contribution < 1.29 is 27.2 Å². The first-order valence-electron chi connectivity index (χ1n) is 15.7. The van der Waals surface area contributed by atoms with Crippen molar-refractivity contribution in [2.75, 3.05) is 64.9 Å². The van der Waals surface area contributed by atoms with Gasteiger partial charge in [0.2, 0.25) is 0 Å². The lowest BCUT2D eigenvalue weighted by molar-refractivity contribution is 0.0732. The van der Waals surface area contributed by atoms with E-state index in [2.05, 4.69) is 27.6 Å². The normalized spacial score (nSPS) is 19.4. The Labute approximate surface area is 269 Å². The summed E-state index contributed by atoms with van der Waals surface area (Å²) in [7, 11) is -0.0826. The summed E-state index contributed by atoms with van der Waals surface area (Å²) in [5, 5.41) is 0.935. The van der Waals surface area contributed by atoms with Crippen LogP contribution in [0.5, 0.6) is 0 Å². The van der Waals surface area contributed by atoms with Gasteiger partial charge in [-0.1, -0.05) is 0 Å². The average molecular weight is 652 g/mol. The molecule has 4 heterocycles. The van der Waals surface area contributed by atoms with Crippen molar-refractivity contribution in [2.45, 2.75) is 45.7 Å². The van der Waals surface area contributed by atoms with E-state index in [1.54, 1.807) is 12.0 Å². The molecule has 2 saturated heterocycles. The highest BCUT2D eigenvalue weighted by molar-refractivity contribution is 7.87. The summed E-state index contributed by atoms with van der Waals surface area (Å²) in [6, 6.07) is 8.31. The second-order valence-corrected chi connectivity index (χ2v) is 14.2. The summed E-state index contributed by atoms with van der Waals surface area (Å²) in [4.78, 5) is 45.8. The fourth-order valence-corrected chi connectivity index (χ4v) is 8.13. The van der Waals surface area contributed by atoms with Gasteiger partial charge in [-0.3, -0.25) is 14.5 Å². The summed E-state index contributed by atoms with van der Waals surface area (Å²) in [6.07, 6.45) is 2.03. The van der Waals surface area contributed by atoms with Crippen molar-refractivity contribution in [1.82, 2.24) is 18.8 Å². The minimum atomic E-state index is -3.91. The molecule has 0 aliphatic carbocycles. The van der Waals surface area contributed by atoms with Gasteiger partial charge >= 0.3 is 15.8 Å². The van der Waals surface area contributed by atoms with Crippen LogP contribution in [0.15, 0.2) is 39.5 Å². The fraction of sp³-hybridized carbons (Fsp3) is 0.485. The van der Waals surface area contributed by atoms with E-state index in [1.165, 1.54) is 28.6 Å². The maximum Gasteiger partial charge on any atom is 0.341 e. The number of aryl methyl sites for hydroxylation is 2. The number of nitrogens with one attached hydrogen (secondary N) is 1. The number of likely N-dealkylation sites (N-methyl/N-ethyl adjacent to an activating group) is 1. The molecule has 1 atom stereocenters. The van der Waals surface area contributed by atoms with E-state index in [1.807, 2.05) is 13.8 Å². The number of nitrogens with zero attached hydrogens (tertiary/aromatic N) is 4. The SMILES string of the molecule is COC[C@H]1CN(c2cc(C)c3c4c(c(=O)oc3c2C)CN(C(=O)c2ccc(C(=O)NS(=O)(=O)N3CCCC3)cc2)CC4)CCN1C. The van der Waals surface area contributed by atoms with Crippen molar-refractivity contribution in [3.8, 4) is 0 Å². The quantitative estimate of drug-likeness (QED) is 0.383. The number of fused-ring (bicyclic) bond motifs is 3. The first-order chi connectivity index (χ1) is 22.0. The monoisotopic (exact) mass is 651 g/mol. The van der Waals surface area contributed by atoms with Crippen molar-refractivity contribution in [3.05, 3.63) is 74.1 Å². The Bertz CT molecular complexity index is 1830. The van der Waals surface area contributed by atoms with E-state index in [4.69, 9.17) is 9.15 Å². The zero-order chi connectivity index (χ0) is 32.7. The van der Waals surface area contributed by atoms with E-state index in [0.29, 0.717) is 49.4 Å². The van der Waals surface area contributed by atoms with Crippen LogP contribution in [-0.2, 0) is 27.9 Å². The topological polar surface area (TPSA) is 133 Å². The number of benzene rings is 2. The zero-order valence-corrected chi connectivity index (χ0v) is 27.6. The number of piperazine rings is 1. The second-order valence-electron chi connectivity index (χ2n) is 12.5. The van der Waals surface area contributed by atoms with E-state index >= 15 is 0 Å². The molecule has 3 aliphatic heterocycles. The number of ether oxygens (including phenoxy) is 1. The van der Waals surface area contributed by atoms with Crippen LogP contribution >= 0.6 is 0 Å². The predicted octanol–water partition coefficient (Wildman–Crippen LogP) is 2.45. The number of carbonyl (C=O) groups is 2. The largest absolute Gasteiger partial charge is 0.422 e. The number of amides is 2. The molecule has 2 fully saturated rings. The molecule has 2 amide bonds. The fourth-order valence-electron chi connectivity index (χ4n) is 6.91. The number of rotatable bonds is 7. The van der Waals surface area contributed by atoms with Gasteiger partial charge in [-0.2, -0.15) is 12.7 Å². The van der Waals surface area contributed by atoms with Gasteiger partial charge in [0.05, 0.1) is 24.8 Å². The predicted molar refractivity (Wildman–Crippen MR) is 175 cm³/mol. The van der Waals surface area contributed by atoms with Gasteiger partial charge in [0.15, 0.2) is 0 Å². The Kier molecular flexibility index (Phi) is 8.94. The molecule has 0 radical (unpaired) electrons. The molecular formula is C33H41N5O7S. The van der Waals surface area contributed by atoms with Gasteiger partial charge < -0.3 is 19.0 Å². The van der Waals surface area contributed by atoms with Gasteiger partial charge in [0, 0.05) is 74.1 Å². The van der Waals surface area contributed by atoms with Crippen LogP contribution in [0.25, 0.3) is 11.0 Å². The summed E-state index contributed by atoms with van der Waals surface area (Å²) >= 11 is 0. The van der Waals surface area contributed by atoms with Crippen LogP contribution in [0.1, 0.15) is 55.8 Å². The minimum Gasteiger partial charge on any atom is -0.422 e. The Hall–Kier alpha value is -3.78. The number of hydrogen-bond donors (Lipinski definition) is 1. The van der Waals surface area contributed by atoms with Crippen molar-refractivity contribution >= 4 is 38.7 Å². The lowest BCUT2D eigenvalue weighted by Gasteiger charge is -2.41. The molecule has 0 unspecified atom stereocenters. The molecule has 0 bridgehead atoms. The first kappa shape index (κ1) is 32.2. The average Bonchev–Trinajstić information content (AvgIpc) is 3.60. The lowest BCUT2D eigenvalue weighted by Crippen LogP contribution is -2.53. The number of hydrogen-bond acceptors (Lipinski definition) is 9. The highest BCUT2D eigenvalue weighted by atomic mass is 32.2. The Morgan fingerprint density at radius 2 is 1.70 bits per heavy atom. The minimum absolute atomic E-state index is 0.111. The first-order valence-corrected chi connectivity index (χ1v) is 17.2. The molecule has 12 nitrogen and oxygen atoms in total. The number of carbonyl (C=O) groups excluding carboxylic acids is 2. The van der Waals surface area contributed by atoms with Crippen molar-refractivity contribution in [3.63, 3.8) is 0 Å².